The molecule has 0 aliphatic rings. The first-order valence-electron chi connectivity index (χ1n) is 5.13. The molecule has 4 nitrogen and oxygen atoms in total. The molecule has 0 saturated heterocycles. The van der Waals surface area contributed by atoms with Crippen LogP contribution in [-0.4, -0.2) is 21.2 Å². The van der Waals surface area contributed by atoms with E-state index in [4.69, 9.17) is 5.26 Å². The van der Waals surface area contributed by atoms with E-state index < -0.39 is 0 Å². The lowest BCUT2D eigenvalue weighted by Crippen LogP contribution is -1.93. The maximum absolute atomic E-state index is 10.9. The van der Waals surface area contributed by atoms with Gasteiger partial charge in [0, 0.05) is 6.20 Å². The molecule has 0 aliphatic carbocycles. The number of nitrogens with zero attached hydrogens (tertiary/aromatic N) is 3. The van der Waals surface area contributed by atoms with E-state index in [1.807, 2.05) is 25.3 Å². The number of carbonyl (C=O) groups excluding carboxylic acids is 1. The van der Waals surface area contributed by atoms with Gasteiger partial charge in [-0.1, -0.05) is 11.8 Å². The Morgan fingerprint density at radius 3 is 3.06 bits per heavy atom. The van der Waals surface area contributed by atoms with E-state index in [0.717, 1.165) is 11.1 Å². The van der Waals surface area contributed by atoms with Crippen LogP contribution in [0, 0.1) is 18.3 Å². The molecule has 0 N–H and O–H groups in total. The van der Waals surface area contributed by atoms with Crippen LogP contribution in [0.5, 0.6) is 0 Å². The van der Waals surface area contributed by atoms with E-state index in [2.05, 4.69) is 11.2 Å². The quantitative estimate of drug-likeness (QED) is 0.778. The fourth-order valence-corrected chi connectivity index (χ4v) is 2.29. The number of rotatable bonds is 3. The molecule has 2 aromatic heterocycles. The minimum atomic E-state index is 0.0760. The summed E-state index contributed by atoms with van der Waals surface area (Å²) in [6.07, 6.45) is 1.82. The molecular formula is C12H11N3OS. The number of hydrogen-bond acceptors (Lipinski definition) is 4. The molecule has 0 radical (unpaired) electrons. The number of aryl methyl sites for hydroxylation is 1. The van der Waals surface area contributed by atoms with Crippen LogP contribution in [0.4, 0.5) is 0 Å². The van der Waals surface area contributed by atoms with Gasteiger partial charge in [-0.15, -0.1) is 0 Å². The third-order valence-electron chi connectivity index (χ3n) is 2.28. The fraction of sp³-hybridized carbons (Fsp3) is 0.250. The standard InChI is InChI=1S/C12H11N3OS/c1-8-3-4-15-11(5-8)10(6-13)12(14-15)17-7-9(2)16/h3-5H,7H2,1-2H3. The van der Waals surface area contributed by atoms with Crippen molar-refractivity contribution in [1.82, 2.24) is 9.61 Å². The maximum atomic E-state index is 10.9. The van der Waals surface area contributed by atoms with Crippen LogP contribution in [0.15, 0.2) is 23.4 Å². The molecular weight excluding hydrogens is 234 g/mol. The van der Waals surface area contributed by atoms with Crippen molar-refractivity contribution >= 4 is 23.1 Å². The number of fused-ring (bicyclic) bond motifs is 1. The smallest absolute Gasteiger partial charge is 0.140 e. The Kier molecular flexibility index (Phi) is 3.16. The van der Waals surface area contributed by atoms with Crippen LogP contribution in [0.25, 0.3) is 5.52 Å². The zero-order valence-electron chi connectivity index (χ0n) is 9.60. The Hall–Kier alpha value is -1.80. The number of carbonyl (C=O) groups is 1. The molecule has 0 unspecified atom stereocenters. The van der Waals surface area contributed by atoms with Gasteiger partial charge in [0.05, 0.1) is 11.3 Å². The molecule has 0 spiro atoms. The minimum Gasteiger partial charge on any atom is -0.299 e. The number of thioether (sulfide) groups is 1. The topological polar surface area (TPSA) is 58.2 Å². The summed E-state index contributed by atoms with van der Waals surface area (Å²) >= 11 is 1.31. The van der Waals surface area contributed by atoms with Crippen LogP contribution in [0.3, 0.4) is 0 Å². The van der Waals surface area contributed by atoms with E-state index in [9.17, 15) is 4.79 Å². The Bertz CT molecular complexity index is 624. The summed E-state index contributed by atoms with van der Waals surface area (Å²) in [5.41, 5.74) is 2.41. The molecule has 0 fully saturated rings. The molecule has 2 aromatic rings. The molecule has 0 atom stereocenters. The molecule has 5 heteroatoms. The summed E-state index contributed by atoms with van der Waals surface area (Å²) in [7, 11) is 0. The lowest BCUT2D eigenvalue weighted by Gasteiger charge is -1.93. The molecule has 0 aromatic carbocycles. The number of Topliss-reactive ketones (excluding diaryl/α,β-unsaturated/α-hetero) is 1. The Morgan fingerprint density at radius 2 is 2.41 bits per heavy atom. The first-order chi connectivity index (χ1) is 8.11. The highest BCUT2D eigenvalue weighted by Crippen LogP contribution is 2.25. The summed E-state index contributed by atoms with van der Waals surface area (Å²) in [6, 6.07) is 6.01. The zero-order chi connectivity index (χ0) is 12.4. The molecule has 2 heterocycles. The molecule has 86 valence electrons. The van der Waals surface area contributed by atoms with Crippen molar-refractivity contribution < 1.29 is 4.79 Å². The molecule has 0 saturated carbocycles. The van der Waals surface area contributed by atoms with Gasteiger partial charge in [-0.2, -0.15) is 10.4 Å². The maximum Gasteiger partial charge on any atom is 0.140 e. The average molecular weight is 245 g/mol. The summed E-state index contributed by atoms with van der Waals surface area (Å²) in [6.45, 7) is 3.50. The van der Waals surface area contributed by atoms with Gasteiger partial charge in [0.2, 0.25) is 0 Å². The lowest BCUT2D eigenvalue weighted by molar-refractivity contribution is -0.114. The number of aromatic nitrogens is 2. The van der Waals surface area contributed by atoms with E-state index in [0.29, 0.717) is 16.3 Å². The summed E-state index contributed by atoms with van der Waals surface area (Å²) in [5, 5.41) is 14.1. The van der Waals surface area contributed by atoms with Gasteiger partial charge >= 0.3 is 0 Å². The van der Waals surface area contributed by atoms with E-state index in [-0.39, 0.29) is 5.78 Å². The normalized spacial score (nSPS) is 10.4. The van der Waals surface area contributed by atoms with E-state index in [1.54, 1.807) is 4.52 Å². The molecule has 0 amide bonds. The molecule has 0 bridgehead atoms. The van der Waals surface area contributed by atoms with E-state index in [1.165, 1.54) is 18.7 Å². The third kappa shape index (κ3) is 2.32. The Labute approximate surface area is 103 Å². The third-order valence-corrected chi connectivity index (χ3v) is 3.39. The largest absolute Gasteiger partial charge is 0.299 e. The number of ketones is 1. The lowest BCUT2D eigenvalue weighted by atomic mass is 10.2. The van der Waals surface area contributed by atoms with Crippen molar-refractivity contribution in [3.8, 4) is 6.07 Å². The van der Waals surface area contributed by atoms with Crippen molar-refractivity contribution in [1.29, 1.82) is 5.26 Å². The highest BCUT2D eigenvalue weighted by atomic mass is 32.2. The highest BCUT2D eigenvalue weighted by Gasteiger charge is 2.13. The Morgan fingerprint density at radius 1 is 1.65 bits per heavy atom. The van der Waals surface area contributed by atoms with Crippen LogP contribution in [0.1, 0.15) is 18.1 Å². The minimum absolute atomic E-state index is 0.0760. The van der Waals surface area contributed by atoms with Crippen molar-refractivity contribution in [3.05, 3.63) is 29.5 Å². The average Bonchev–Trinajstić information content (AvgIpc) is 2.63. The molecule has 0 aliphatic heterocycles. The SMILES string of the molecule is CC(=O)CSc1nn2ccc(C)cc2c1C#N. The second-order valence-electron chi connectivity index (χ2n) is 3.82. The second kappa shape index (κ2) is 4.60. The van der Waals surface area contributed by atoms with Crippen LogP contribution >= 0.6 is 11.8 Å². The van der Waals surface area contributed by atoms with Crippen molar-refractivity contribution in [2.75, 3.05) is 5.75 Å². The van der Waals surface area contributed by atoms with Crippen LogP contribution < -0.4 is 0 Å². The monoisotopic (exact) mass is 245 g/mol. The second-order valence-corrected chi connectivity index (χ2v) is 4.78. The Balaban J connectivity index is 2.49. The number of nitriles is 1. The number of pyridine rings is 1. The summed E-state index contributed by atoms with van der Waals surface area (Å²) in [4.78, 5) is 10.9. The van der Waals surface area contributed by atoms with Crippen molar-refractivity contribution in [2.24, 2.45) is 0 Å². The number of hydrogen-bond donors (Lipinski definition) is 0. The predicted octanol–water partition coefficient (Wildman–Crippen LogP) is 2.20. The van der Waals surface area contributed by atoms with Crippen molar-refractivity contribution in [2.45, 2.75) is 18.9 Å². The van der Waals surface area contributed by atoms with Gasteiger partial charge in [0.1, 0.15) is 22.4 Å². The summed E-state index contributed by atoms with van der Waals surface area (Å²) in [5.74, 6) is 0.421. The van der Waals surface area contributed by atoms with Gasteiger partial charge in [0.15, 0.2) is 0 Å². The molecule has 17 heavy (non-hydrogen) atoms. The van der Waals surface area contributed by atoms with Gasteiger partial charge < -0.3 is 0 Å². The van der Waals surface area contributed by atoms with Crippen molar-refractivity contribution in [3.63, 3.8) is 0 Å². The molecule has 2 rings (SSSR count). The van der Waals surface area contributed by atoms with Gasteiger partial charge in [-0.05, 0) is 31.5 Å². The first-order valence-corrected chi connectivity index (χ1v) is 6.11. The van der Waals surface area contributed by atoms with Gasteiger partial charge in [0.25, 0.3) is 0 Å². The van der Waals surface area contributed by atoms with Crippen LogP contribution in [0.2, 0.25) is 0 Å². The van der Waals surface area contributed by atoms with Gasteiger partial charge in [-0.25, -0.2) is 4.52 Å². The zero-order valence-corrected chi connectivity index (χ0v) is 10.4. The highest BCUT2D eigenvalue weighted by molar-refractivity contribution is 8.00. The predicted molar refractivity (Wildman–Crippen MR) is 66.0 cm³/mol. The van der Waals surface area contributed by atoms with E-state index >= 15 is 0 Å². The first kappa shape index (κ1) is 11.7. The van der Waals surface area contributed by atoms with Crippen LogP contribution in [-0.2, 0) is 4.79 Å². The fourth-order valence-electron chi connectivity index (χ4n) is 1.51. The van der Waals surface area contributed by atoms with Gasteiger partial charge in [-0.3, -0.25) is 4.79 Å². The summed E-state index contributed by atoms with van der Waals surface area (Å²) < 4.78 is 1.67.